The van der Waals surface area contributed by atoms with E-state index < -0.39 is 10.0 Å². The molecule has 0 radical (unpaired) electrons. The molecule has 0 spiro atoms. The van der Waals surface area contributed by atoms with Crippen molar-refractivity contribution < 1.29 is 13.2 Å². The quantitative estimate of drug-likeness (QED) is 0.754. The van der Waals surface area contributed by atoms with Crippen LogP contribution in [0.1, 0.15) is 6.42 Å². The Hall–Kier alpha value is -0.400. The highest BCUT2D eigenvalue weighted by atomic mass is 79.9. The minimum atomic E-state index is -3.48. The molecule has 0 N–H and O–H groups in total. The van der Waals surface area contributed by atoms with Crippen LogP contribution in [0.25, 0.3) is 0 Å². The molecule has 1 aliphatic heterocycles. The van der Waals surface area contributed by atoms with Crippen molar-refractivity contribution in [3.63, 3.8) is 0 Å². The maximum absolute atomic E-state index is 12.5. The molecule has 2 rings (SSSR count). The van der Waals surface area contributed by atoms with E-state index in [-0.39, 0.29) is 4.90 Å². The molecule has 7 heteroatoms. The van der Waals surface area contributed by atoms with Crippen LogP contribution >= 0.6 is 27.5 Å². The van der Waals surface area contributed by atoms with E-state index in [0.29, 0.717) is 35.6 Å². The molecule has 0 fully saturated rings. The molecule has 0 aromatic heterocycles. The summed E-state index contributed by atoms with van der Waals surface area (Å²) in [4.78, 5) is 0.248. The average molecular weight is 381 g/mol. The van der Waals surface area contributed by atoms with Crippen LogP contribution in [0.15, 0.2) is 39.2 Å². The first-order chi connectivity index (χ1) is 9.45. The van der Waals surface area contributed by atoms with E-state index in [9.17, 15) is 8.42 Å². The molecule has 20 heavy (non-hydrogen) atoms. The predicted molar refractivity (Wildman–Crippen MR) is 82.5 cm³/mol. The second-order valence-corrected chi connectivity index (χ2v) is 7.68. The van der Waals surface area contributed by atoms with Crippen molar-refractivity contribution in [2.24, 2.45) is 0 Å². The van der Waals surface area contributed by atoms with Crippen molar-refractivity contribution in [2.45, 2.75) is 11.3 Å². The van der Waals surface area contributed by atoms with E-state index in [4.69, 9.17) is 16.3 Å². The van der Waals surface area contributed by atoms with Crippen LogP contribution in [0.5, 0.6) is 0 Å². The molecule has 0 unspecified atom stereocenters. The summed E-state index contributed by atoms with van der Waals surface area (Å²) in [6, 6.07) is 4.64. The second kappa shape index (κ2) is 6.58. The molecule has 1 aromatic carbocycles. The summed E-state index contributed by atoms with van der Waals surface area (Å²) in [6.07, 6.45) is 2.61. The van der Waals surface area contributed by atoms with Gasteiger partial charge in [0.2, 0.25) is 10.0 Å². The number of methoxy groups -OCH3 is 1. The Morgan fingerprint density at radius 2 is 2.20 bits per heavy atom. The Morgan fingerprint density at radius 3 is 2.75 bits per heavy atom. The topological polar surface area (TPSA) is 46.6 Å². The van der Waals surface area contributed by atoms with Gasteiger partial charge < -0.3 is 4.74 Å². The van der Waals surface area contributed by atoms with Gasteiger partial charge in [-0.15, -0.1) is 0 Å². The Labute approximate surface area is 132 Å². The lowest BCUT2D eigenvalue weighted by Crippen LogP contribution is -2.35. The van der Waals surface area contributed by atoms with Crippen LogP contribution < -0.4 is 0 Å². The van der Waals surface area contributed by atoms with E-state index in [0.717, 1.165) is 5.57 Å². The Kier molecular flexibility index (Phi) is 5.25. The number of rotatable bonds is 4. The molecular weight excluding hydrogens is 366 g/mol. The van der Waals surface area contributed by atoms with Gasteiger partial charge in [0.1, 0.15) is 0 Å². The highest BCUT2D eigenvalue weighted by Crippen LogP contribution is 2.28. The Morgan fingerprint density at radius 1 is 1.45 bits per heavy atom. The van der Waals surface area contributed by atoms with Crippen LogP contribution in [0.3, 0.4) is 0 Å². The van der Waals surface area contributed by atoms with Gasteiger partial charge in [0.15, 0.2) is 0 Å². The average Bonchev–Trinajstić information content (AvgIpc) is 2.43. The number of benzene rings is 1. The monoisotopic (exact) mass is 379 g/mol. The summed E-state index contributed by atoms with van der Waals surface area (Å²) in [5.41, 5.74) is 1.14. The molecule has 1 aliphatic rings. The third-order valence-corrected chi connectivity index (χ3v) is 6.20. The third-order valence-electron chi connectivity index (χ3n) is 3.12. The van der Waals surface area contributed by atoms with E-state index in [2.05, 4.69) is 15.9 Å². The fourth-order valence-electron chi connectivity index (χ4n) is 2.01. The molecule has 110 valence electrons. The first kappa shape index (κ1) is 16.0. The van der Waals surface area contributed by atoms with Crippen LogP contribution in [-0.2, 0) is 14.8 Å². The number of nitrogens with zero attached hydrogens (tertiary/aromatic N) is 1. The van der Waals surface area contributed by atoms with Crippen LogP contribution in [0, 0.1) is 0 Å². The zero-order chi connectivity index (χ0) is 14.8. The van der Waals surface area contributed by atoms with E-state index in [1.165, 1.54) is 16.4 Å². The maximum atomic E-state index is 12.5. The van der Waals surface area contributed by atoms with E-state index in [1.807, 2.05) is 6.08 Å². The number of sulfonamides is 1. The first-order valence-corrected chi connectivity index (χ1v) is 8.68. The van der Waals surface area contributed by atoms with Gasteiger partial charge in [0, 0.05) is 24.7 Å². The fraction of sp³-hybridized carbons (Fsp3) is 0.385. The SMILES string of the molecule is COCC1=CCN(S(=O)(=O)c2ccc(Cl)c(Br)c2)CC1. The smallest absolute Gasteiger partial charge is 0.243 e. The van der Waals surface area contributed by atoms with Crippen LogP contribution in [0.2, 0.25) is 5.02 Å². The van der Waals surface area contributed by atoms with E-state index in [1.54, 1.807) is 13.2 Å². The van der Waals surface area contributed by atoms with E-state index >= 15 is 0 Å². The van der Waals surface area contributed by atoms with Crippen molar-refractivity contribution in [1.29, 1.82) is 0 Å². The standard InChI is InChI=1S/C13H15BrClNO3S/c1-19-9-10-4-6-16(7-5-10)20(17,18)11-2-3-13(15)12(14)8-11/h2-4,8H,5-7,9H2,1H3. The van der Waals surface area contributed by atoms with Crippen LogP contribution in [-0.4, -0.2) is 39.5 Å². The minimum absolute atomic E-state index is 0.248. The lowest BCUT2D eigenvalue weighted by molar-refractivity contribution is 0.219. The van der Waals surface area contributed by atoms with Gasteiger partial charge in [-0.1, -0.05) is 17.7 Å². The van der Waals surface area contributed by atoms with Gasteiger partial charge >= 0.3 is 0 Å². The number of hydrogen-bond donors (Lipinski definition) is 0. The zero-order valence-electron chi connectivity index (χ0n) is 11.0. The highest BCUT2D eigenvalue weighted by molar-refractivity contribution is 9.10. The Bertz CT molecular complexity index is 631. The fourth-order valence-corrected chi connectivity index (χ4v) is 4.07. The number of halogens is 2. The molecule has 4 nitrogen and oxygen atoms in total. The summed E-state index contributed by atoms with van der Waals surface area (Å²) in [7, 11) is -1.85. The molecule has 0 amide bonds. The van der Waals surface area contributed by atoms with Gasteiger partial charge in [0.25, 0.3) is 0 Å². The summed E-state index contributed by atoms with van der Waals surface area (Å²) >= 11 is 9.14. The first-order valence-electron chi connectivity index (χ1n) is 6.07. The molecule has 0 bridgehead atoms. The lowest BCUT2D eigenvalue weighted by Gasteiger charge is -2.25. The molecule has 1 aromatic rings. The van der Waals surface area contributed by atoms with Crippen molar-refractivity contribution in [2.75, 3.05) is 26.8 Å². The van der Waals surface area contributed by atoms with Crippen molar-refractivity contribution in [1.82, 2.24) is 4.31 Å². The summed E-state index contributed by atoms with van der Waals surface area (Å²) in [5, 5.41) is 0.491. The summed E-state index contributed by atoms with van der Waals surface area (Å²) in [6.45, 7) is 1.40. The van der Waals surface area contributed by atoms with Gasteiger partial charge in [-0.3, -0.25) is 0 Å². The summed E-state index contributed by atoms with van der Waals surface area (Å²) < 4.78 is 32.1. The molecule has 0 atom stereocenters. The maximum Gasteiger partial charge on any atom is 0.243 e. The summed E-state index contributed by atoms with van der Waals surface area (Å²) in [5.74, 6) is 0. The predicted octanol–water partition coefficient (Wildman–Crippen LogP) is 3.07. The van der Waals surface area contributed by atoms with Crippen LogP contribution in [0.4, 0.5) is 0 Å². The largest absolute Gasteiger partial charge is 0.380 e. The number of hydrogen-bond acceptors (Lipinski definition) is 3. The van der Waals surface area contributed by atoms with Crippen molar-refractivity contribution in [3.8, 4) is 0 Å². The van der Waals surface area contributed by atoms with Gasteiger partial charge in [-0.2, -0.15) is 4.31 Å². The minimum Gasteiger partial charge on any atom is -0.380 e. The Balaban J connectivity index is 2.21. The zero-order valence-corrected chi connectivity index (χ0v) is 14.1. The van der Waals surface area contributed by atoms with Crippen molar-refractivity contribution >= 4 is 37.6 Å². The highest BCUT2D eigenvalue weighted by Gasteiger charge is 2.26. The normalized spacial score (nSPS) is 17.1. The molecule has 0 saturated heterocycles. The third kappa shape index (κ3) is 3.43. The molecule has 0 saturated carbocycles. The van der Waals surface area contributed by atoms with Gasteiger partial charge in [-0.05, 0) is 46.1 Å². The van der Waals surface area contributed by atoms with Gasteiger partial charge in [-0.25, -0.2) is 8.42 Å². The molecule has 1 heterocycles. The molecule has 0 aliphatic carbocycles. The van der Waals surface area contributed by atoms with Gasteiger partial charge in [0.05, 0.1) is 16.5 Å². The lowest BCUT2D eigenvalue weighted by atomic mass is 10.1. The number of ether oxygens (including phenoxy) is 1. The van der Waals surface area contributed by atoms with Crippen molar-refractivity contribution in [3.05, 3.63) is 39.3 Å². The molecular formula is C13H15BrClNO3S. The second-order valence-electron chi connectivity index (χ2n) is 4.48.